The minimum Gasteiger partial charge on any atom is -0.507 e. The molecule has 0 fully saturated rings. The molecule has 0 spiro atoms. The van der Waals surface area contributed by atoms with E-state index in [9.17, 15) is 19.8 Å². The maximum Gasteiger partial charge on any atom is 0.341 e. The maximum atomic E-state index is 12.7. The molecule has 0 aliphatic carbocycles. The van der Waals surface area contributed by atoms with E-state index >= 15 is 0 Å². The summed E-state index contributed by atoms with van der Waals surface area (Å²) in [6.07, 6.45) is 1.53. The van der Waals surface area contributed by atoms with Gasteiger partial charge in [0.05, 0.1) is 7.11 Å². The van der Waals surface area contributed by atoms with Gasteiger partial charge in [-0.25, -0.2) is 4.79 Å². The van der Waals surface area contributed by atoms with Gasteiger partial charge in [0.15, 0.2) is 23.5 Å². The zero-order valence-corrected chi connectivity index (χ0v) is 17.5. The summed E-state index contributed by atoms with van der Waals surface area (Å²) in [5.74, 6) is -0.673. The number of hydrogen-bond donors (Lipinski definition) is 3. The van der Waals surface area contributed by atoms with E-state index < -0.39 is 18.0 Å². The highest BCUT2D eigenvalue weighted by atomic mass is 16.5. The molecule has 0 atom stereocenters. The molecule has 2 aromatic carbocycles. The van der Waals surface area contributed by atoms with E-state index in [4.69, 9.17) is 19.0 Å². The van der Waals surface area contributed by atoms with Gasteiger partial charge < -0.3 is 29.2 Å². The standard InChI is InChI=1S/C23H24O8/c1-12(2)4-5-13-6-20(29-3)16(24)9-15(13)19-10-18(26)23-17(25)7-14(8-21(23)31-19)30-11-22(27)28/h6-10,12,24-25H,4-5,11H2,1-3H3,(H,27,28). The van der Waals surface area contributed by atoms with Gasteiger partial charge in [-0.2, -0.15) is 0 Å². The van der Waals surface area contributed by atoms with Crippen molar-refractivity contribution in [3.63, 3.8) is 0 Å². The third kappa shape index (κ3) is 4.91. The first-order valence-corrected chi connectivity index (χ1v) is 9.75. The van der Waals surface area contributed by atoms with E-state index in [0.717, 1.165) is 18.1 Å². The molecule has 31 heavy (non-hydrogen) atoms. The van der Waals surface area contributed by atoms with Crippen molar-refractivity contribution in [1.82, 2.24) is 0 Å². The van der Waals surface area contributed by atoms with Crippen LogP contribution < -0.4 is 14.9 Å². The van der Waals surface area contributed by atoms with Crippen molar-refractivity contribution in [1.29, 1.82) is 0 Å². The molecular weight excluding hydrogens is 404 g/mol. The number of methoxy groups -OCH3 is 1. The fraction of sp³-hybridized carbons (Fsp3) is 0.304. The van der Waals surface area contributed by atoms with Crippen LogP contribution in [-0.4, -0.2) is 35.0 Å². The Morgan fingerprint density at radius 2 is 1.84 bits per heavy atom. The molecule has 3 N–H and O–H groups in total. The number of aliphatic carboxylic acids is 1. The van der Waals surface area contributed by atoms with Crippen LogP contribution in [0, 0.1) is 5.92 Å². The highest BCUT2D eigenvalue weighted by Crippen LogP contribution is 2.37. The van der Waals surface area contributed by atoms with Gasteiger partial charge in [0.25, 0.3) is 0 Å². The minimum absolute atomic E-state index is 0.0352. The van der Waals surface area contributed by atoms with E-state index in [-0.39, 0.29) is 34.0 Å². The zero-order valence-electron chi connectivity index (χ0n) is 17.5. The Kier molecular flexibility index (Phi) is 6.39. The van der Waals surface area contributed by atoms with Crippen LogP contribution in [0.15, 0.2) is 39.5 Å². The molecule has 3 rings (SSSR count). The number of fused-ring (bicyclic) bond motifs is 1. The monoisotopic (exact) mass is 428 g/mol. The molecule has 1 aromatic heterocycles. The molecule has 0 aliphatic rings. The van der Waals surface area contributed by atoms with E-state index in [0.29, 0.717) is 23.7 Å². The molecular formula is C23H24O8. The molecule has 0 saturated heterocycles. The number of carboxylic acids is 1. The van der Waals surface area contributed by atoms with E-state index in [2.05, 4.69) is 13.8 Å². The van der Waals surface area contributed by atoms with Crippen LogP contribution in [0.2, 0.25) is 0 Å². The van der Waals surface area contributed by atoms with E-state index in [1.54, 1.807) is 6.07 Å². The lowest BCUT2D eigenvalue weighted by Gasteiger charge is -2.14. The molecule has 0 amide bonds. The van der Waals surface area contributed by atoms with Crippen molar-refractivity contribution in [2.75, 3.05) is 13.7 Å². The average Bonchev–Trinajstić information content (AvgIpc) is 2.70. The first-order valence-electron chi connectivity index (χ1n) is 9.75. The third-order valence-corrected chi connectivity index (χ3v) is 4.81. The number of rotatable bonds is 8. The Balaban J connectivity index is 2.16. The minimum atomic E-state index is -1.18. The molecule has 0 bridgehead atoms. The highest BCUT2D eigenvalue weighted by molar-refractivity contribution is 5.86. The summed E-state index contributed by atoms with van der Waals surface area (Å²) in [6.45, 7) is 3.57. The van der Waals surface area contributed by atoms with Gasteiger partial charge in [0.2, 0.25) is 0 Å². The summed E-state index contributed by atoms with van der Waals surface area (Å²) in [6, 6.07) is 6.94. The third-order valence-electron chi connectivity index (χ3n) is 4.81. The summed E-state index contributed by atoms with van der Waals surface area (Å²) in [4.78, 5) is 23.5. The molecule has 0 radical (unpaired) electrons. The van der Waals surface area contributed by atoms with Crippen molar-refractivity contribution in [2.45, 2.75) is 26.7 Å². The van der Waals surface area contributed by atoms with Gasteiger partial charge in [-0.15, -0.1) is 0 Å². The Morgan fingerprint density at radius 1 is 1.10 bits per heavy atom. The summed E-state index contributed by atoms with van der Waals surface area (Å²) in [7, 11) is 1.46. The van der Waals surface area contributed by atoms with Gasteiger partial charge in [-0.3, -0.25) is 4.79 Å². The van der Waals surface area contributed by atoms with Crippen LogP contribution in [-0.2, 0) is 11.2 Å². The molecule has 8 nitrogen and oxygen atoms in total. The Bertz CT molecular complexity index is 1180. The second-order valence-electron chi connectivity index (χ2n) is 7.59. The lowest BCUT2D eigenvalue weighted by atomic mass is 9.96. The van der Waals surface area contributed by atoms with E-state index in [1.165, 1.54) is 25.3 Å². The lowest BCUT2D eigenvalue weighted by Crippen LogP contribution is -2.09. The van der Waals surface area contributed by atoms with Gasteiger partial charge >= 0.3 is 5.97 Å². The SMILES string of the molecule is COc1cc(CCC(C)C)c(-c2cc(=O)c3c(O)cc(OCC(=O)O)cc3o2)cc1O. The predicted octanol–water partition coefficient (Wildman–Crippen LogP) is 3.93. The maximum absolute atomic E-state index is 12.7. The molecule has 3 aromatic rings. The second kappa shape index (κ2) is 8.99. The molecule has 164 valence electrons. The number of phenols is 2. The van der Waals surface area contributed by atoms with Crippen LogP contribution in [0.1, 0.15) is 25.8 Å². The summed E-state index contributed by atoms with van der Waals surface area (Å²) in [5, 5.41) is 29.3. The largest absolute Gasteiger partial charge is 0.507 e. The van der Waals surface area contributed by atoms with Crippen LogP contribution in [0.5, 0.6) is 23.0 Å². The number of aromatic hydroxyl groups is 2. The summed E-state index contributed by atoms with van der Waals surface area (Å²) in [5.41, 5.74) is 0.902. The smallest absolute Gasteiger partial charge is 0.341 e. The fourth-order valence-corrected chi connectivity index (χ4v) is 3.26. The Morgan fingerprint density at radius 3 is 2.48 bits per heavy atom. The lowest BCUT2D eigenvalue weighted by molar-refractivity contribution is -0.139. The van der Waals surface area contributed by atoms with Crippen molar-refractivity contribution in [3.8, 4) is 34.3 Å². The number of aryl methyl sites for hydroxylation is 1. The molecule has 0 unspecified atom stereocenters. The topological polar surface area (TPSA) is 126 Å². The predicted molar refractivity (Wildman–Crippen MR) is 114 cm³/mol. The van der Waals surface area contributed by atoms with Crippen LogP contribution in [0.25, 0.3) is 22.3 Å². The molecule has 8 heteroatoms. The summed E-state index contributed by atoms with van der Waals surface area (Å²) >= 11 is 0. The van der Waals surface area contributed by atoms with Crippen LogP contribution in [0.4, 0.5) is 0 Å². The normalized spacial score (nSPS) is 11.1. The molecule has 1 heterocycles. The van der Waals surface area contributed by atoms with Gasteiger partial charge in [-0.05, 0) is 36.5 Å². The van der Waals surface area contributed by atoms with Crippen LogP contribution in [0.3, 0.4) is 0 Å². The number of hydrogen-bond acceptors (Lipinski definition) is 7. The van der Waals surface area contributed by atoms with Crippen LogP contribution >= 0.6 is 0 Å². The Labute approximate surface area is 178 Å². The van der Waals surface area contributed by atoms with Gasteiger partial charge in [-0.1, -0.05) is 13.8 Å². The first-order chi connectivity index (χ1) is 14.7. The second-order valence-corrected chi connectivity index (χ2v) is 7.59. The van der Waals surface area contributed by atoms with Crippen molar-refractivity contribution >= 4 is 16.9 Å². The highest BCUT2D eigenvalue weighted by Gasteiger charge is 2.18. The fourth-order valence-electron chi connectivity index (χ4n) is 3.26. The van der Waals surface area contributed by atoms with Crippen molar-refractivity contribution < 1.29 is 34.0 Å². The van der Waals surface area contributed by atoms with E-state index in [1.807, 2.05) is 0 Å². The quantitative estimate of drug-likeness (QED) is 0.493. The van der Waals surface area contributed by atoms with Gasteiger partial charge in [0.1, 0.15) is 28.2 Å². The molecule has 0 saturated carbocycles. The van der Waals surface area contributed by atoms with Crippen molar-refractivity contribution in [2.24, 2.45) is 5.92 Å². The Hall–Kier alpha value is -3.68. The van der Waals surface area contributed by atoms with Gasteiger partial charge in [0, 0.05) is 23.8 Å². The number of benzene rings is 2. The number of phenolic OH excluding ortho intramolecular Hbond substituents is 2. The number of carbonyl (C=O) groups is 1. The van der Waals surface area contributed by atoms with Crippen molar-refractivity contribution in [3.05, 3.63) is 46.1 Å². The average molecular weight is 428 g/mol. The summed E-state index contributed by atoms with van der Waals surface area (Å²) < 4.78 is 16.2. The number of carboxylic acid groups (broad SMARTS) is 1. The number of ether oxygens (including phenoxy) is 2. The first kappa shape index (κ1) is 22.0. The zero-order chi connectivity index (χ0) is 22.7. The molecule has 0 aliphatic heterocycles.